The number of nitrogens with one attached hydrogen (secondary N) is 1. The summed E-state index contributed by atoms with van der Waals surface area (Å²) in [6.45, 7) is 2.15. The first-order valence-corrected chi connectivity index (χ1v) is 15.8. The maximum atomic E-state index is 13.3. The first kappa shape index (κ1) is 37.1. The summed E-state index contributed by atoms with van der Waals surface area (Å²) >= 11 is 0. The molecule has 45 heavy (non-hydrogen) atoms. The van der Waals surface area contributed by atoms with E-state index in [1.54, 1.807) is 12.1 Å². The van der Waals surface area contributed by atoms with E-state index >= 15 is 0 Å². The number of carbonyl (C=O) groups is 5. The second kappa shape index (κ2) is 19.4. The van der Waals surface area contributed by atoms with Crippen LogP contribution in [-0.4, -0.2) is 61.7 Å². The van der Waals surface area contributed by atoms with Gasteiger partial charge in [0.05, 0.1) is 12.3 Å². The second-order valence-electron chi connectivity index (χ2n) is 11.6. The fraction of sp³-hybridized carbons (Fsp3) is 0.514. The molecule has 0 fully saturated rings. The van der Waals surface area contributed by atoms with E-state index in [0.29, 0.717) is 31.2 Å². The molecule has 0 aromatic heterocycles. The van der Waals surface area contributed by atoms with Crippen LogP contribution in [-0.2, 0) is 30.4 Å². The maximum absolute atomic E-state index is 13.3. The van der Waals surface area contributed by atoms with Gasteiger partial charge in [-0.3, -0.25) is 14.4 Å². The van der Waals surface area contributed by atoms with Crippen LogP contribution in [0.25, 0.3) is 10.8 Å². The molecule has 10 nitrogen and oxygen atoms in total. The third-order valence-corrected chi connectivity index (χ3v) is 7.92. The maximum Gasteiger partial charge on any atom is 0.337 e. The van der Waals surface area contributed by atoms with Crippen LogP contribution in [0.5, 0.6) is 0 Å². The summed E-state index contributed by atoms with van der Waals surface area (Å²) in [4.78, 5) is 60.9. The number of aliphatic carboxylic acids is 3. The Morgan fingerprint density at radius 3 is 2.04 bits per heavy atom. The lowest BCUT2D eigenvalue weighted by molar-refractivity contribution is -0.172. The number of benzene rings is 2. The van der Waals surface area contributed by atoms with Gasteiger partial charge in [-0.15, -0.1) is 0 Å². The van der Waals surface area contributed by atoms with E-state index in [1.807, 2.05) is 30.3 Å². The van der Waals surface area contributed by atoms with Crippen LogP contribution in [0.2, 0.25) is 0 Å². The van der Waals surface area contributed by atoms with Gasteiger partial charge >= 0.3 is 17.9 Å². The van der Waals surface area contributed by atoms with Gasteiger partial charge in [-0.25, -0.2) is 9.59 Å². The highest BCUT2D eigenvalue weighted by molar-refractivity contribution is 5.94. The van der Waals surface area contributed by atoms with Crippen LogP contribution in [0.1, 0.15) is 96.0 Å². The number of aliphatic hydroxyl groups is 1. The highest BCUT2D eigenvalue weighted by Gasteiger charge is 2.49. The number of fused-ring (bicyclic) bond motifs is 1. The van der Waals surface area contributed by atoms with Crippen LogP contribution in [0.4, 0.5) is 0 Å². The fourth-order valence-corrected chi connectivity index (χ4v) is 5.30. The van der Waals surface area contributed by atoms with Gasteiger partial charge < -0.3 is 25.7 Å². The smallest absolute Gasteiger partial charge is 0.337 e. The van der Waals surface area contributed by atoms with Crippen molar-refractivity contribution in [3.05, 3.63) is 60.2 Å². The predicted octanol–water partition coefficient (Wildman–Crippen LogP) is 5.68. The standard InChI is InChI=1S/C35H47NO9/c1-2-3-4-7-10-17-28(37)18-11-8-5-6-9-12-19-29(35(45,34(43)44)24-31(38)39)32(40)36-30(33(41)42)23-25-20-21-26-15-13-14-16-27(26)22-25/h12-16,19-22,29-30,45H,2-11,17-18,23-24H2,1H3,(H,36,40)(H,38,39)(H,41,42)(H,43,44)/b19-12+. The van der Waals surface area contributed by atoms with Gasteiger partial charge in [0.1, 0.15) is 11.8 Å². The number of rotatable bonds is 23. The van der Waals surface area contributed by atoms with Gasteiger partial charge in [0.25, 0.3) is 0 Å². The van der Waals surface area contributed by atoms with Crippen LogP contribution in [0, 0.1) is 5.92 Å². The number of amides is 1. The zero-order chi connectivity index (χ0) is 33.2. The summed E-state index contributed by atoms with van der Waals surface area (Å²) in [7, 11) is 0. The van der Waals surface area contributed by atoms with Crippen molar-refractivity contribution in [1.82, 2.24) is 5.32 Å². The van der Waals surface area contributed by atoms with Crippen molar-refractivity contribution in [3.8, 4) is 0 Å². The normalized spacial score (nSPS) is 14.1. The summed E-state index contributed by atoms with van der Waals surface area (Å²) in [5, 5.41) is 43.9. The molecule has 0 aliphatic heterocycles. The topological polar surface area (TPSA) is 178 Å². The van der Waals surface area contributed by atoms with Crippen LogP contribution < -0.4 is 5.32 Å². The summed E-state index contributed by atoms with van der Waals surface area (Å²) in [6.07, 6.45) is 11.4. The number of hydrogen-bond acceptors (Lipinski definition) is 6. The summed E-state index contributed by atoms with van der Waals surface area (Å²) < 4.78 is 0. The van der Waals surface area contributed by atoms with Gasteiger partial charge in [-0.05, 0) is 42.0 Å². The molecule has 0 heterocycles. The van der Waals surface area contributed by atoms with Gasteiger partial charge in [0, 0.05) is 19.3 Å². The zero-order valence-corrected chi connectivity index (χ0v) is 26.1. The minimum absolute atomic E-state index is 0.117. The Morgan fingerprint density at radius 2 is 1.44 bits per heavy atom. The molecule has 0 saturated carbocycles. The SMILES string of the molecule is CCCCCCCC(=O)CCCCCC/C=C/C(C(=O)NC(Cc1ccc2ccccc2c1)C(=O)O)C(O)(CC(=O)O)C(=O)O. The number of unbranched alkanes of at least 4 members (excludes halogenated alkanes) is 8. The number of ketones is 1. The quantitative estimate of drug-likeness (QED) is 0.0767. The molecule has 2 aromatic carbocycles. The molecule has 3 atom stereocenters. The minimum Gasteiger partial charge on any atom is -0.481 e. The second-order valence-corrected chi connectivity index (χ2v) is 11.6. The third kappa shape index (κ3) is 12.8. The first-order chi connectivity index (χ1) is 21.5. The van der Waals surface area contributed by atoms with E-state index in [2.05, 4.69) is 12.2 Å². The summed E-state index contributed by atoms with van der Waals surface area (Å²) in [5.74, 6) is -7.62. The van der Waals surface area contributed by atoms with Crippen molar-refractivity contribution in [2.45, 2.75) is 108 Å². The molecule has 0 aliphatic rings. The average molecular weight is 626 g/mol. The molecule has 0 radical (unpaired) electrons. The van der Waals surface area contributed by atoms with Crippen molar-refractivity contribution in [1.29, 1.82) is 0 Å². The molecule has 246 valence electrons. The minimum atomic E-state index is -3.00. The lowest BCUT2D eigenvalue weighted by atomic mass is 9.82. The molecule has 0 saturated heterocycles. The monoisotopic (exact) mass is 625 g/mol. The molecule has 0 aliphatic carbocycles. The van der Waals surface area contributed by atoms with Crippen molar-refractivity contribution in [3.63, 3.8) is 0 Å². The fourth-order valence-electron chi connectivity index (χ4n) is 5.30. The van der Waals surface area contributed by atoms with Crippen molar-refractivity contribution >= 4 is 40.4 Å². The molecular formula is C35H47NO9. The zero-order valence-electron chi connectivity index (χ0n) is 26.1. The van der Waals surface area contributed by atoms with Gasteiger partial charge in [0.2, 0.25) is 5.91 Å². The highest BCUT2D eigenvalue weighted by Crippen LogP contribution is 2.26. The Kier molecular flexibility index (Phi) is 16.0. The molecule has 1 amide bonds. The average Bonchev–Trinajstić information content (AvgIpc) is 2.99. The number of allylic oxidation sites excluding steroid dienone is 1. The van der Waals surface area contributed by atoms with E-state index < -0.39 is 47.8 Å². The molecule has 2 aromatic rings. The van der Waals surface area contributed by atoms with E-state index in [9.17, 15) is 44.4 Å². The largest absolute Gasteiger partial charge is 0.481 e. The molecular weight excluding hydrogens is 578 g/mol. The van der Waals surface area contributed by atoms with E-state index in [0.717, 1.165) is 61.8 Å². The number of carboxylic acid groups (broad SMARTS) is 3. The Morgan fingerprint density at radius 1 is 0.822 bits per heavy atom. The Balaban J connectivity index is 2.01. The van der Waals surface area contributed by atoms with Gasteiger partial charge in [0.15, 0.2) is 5.60 Å². The van der Waals surface area contributed by atoms with Gasteiger partial charge in [-0.2, -0.15) is 0 Å². The van der Waals surface area contributed by atoms with E-state index in [-0.39, 0.29) is 12.2 Å². The van der Waals surface area contributed by atoms with Crippen LogP contribution in [0.15, 0.2) is 54.6 Å². The number of carbonyl (C=O) groups excluding carboxylic acids is 2. The lowest BCUT2D eigenvalue weighted by Gasteiger charge is -2.29. The third-order valence-electron chi connectivity index (χ3n) is 7.92. The molecule has 2 rings (SSSR count). The lowest BCUT2D eigenvalue weighted by Crippen LogP contribution is -2.55. The molecule has 0 spiro atoms. The number of carboxylic acids is 3. The first-order valence-electron chi connectivity index (χ1n) is 15.8. The van der Waals surface area contributed by atoms with Crippen LogP contribution >= 0.6 is 0 Å². The van der Waals surface area contributed by atoms with Crippen molar-refractivity contribution < 1.29 is 44.4 Å². The van der Waals surface area contributed by atoms with E-state index in [4.69, 9.17) is 0 Å². The molecule has 10 heteroatoms. The summed E-state index contributed by atoms with van der Waals surface area (Å²) in [6, 6.07) is 11.4. The number of Topliss-reactive ketones (excluding diaryl/α,β-unsaturated/α-hetero) is 1. The summed E-state index contributed by atoms with van der Waals surface area (Å²) in [5.41, 5.74) is -2.39. The van der Waals surface area contributed by atoms with Gasteiger partial charge in [-0.1, -0.05) is 100 Å². The molecule has 0 bridgehead atoms. The highest BCUT2D eigenvalue weighted by atomic mass is 16.4. The number of hydrogen-bond donors (Lipinski definition) is 5. The molecule has 3 unspecified atom stereocenters. The van der Waals surface area contributed by atoms with Crippen molar-refractivity contribution in [2.75, 3.05) is 0 Å². The molecule has 5 N–H and O–H groups in total. The Bertz CT molecular complexity index is 1320. The van der Waals surface area contributed by atoms with E-state index in [1.165, 1.54) is 12.5 Å². The Hall–Kier alpha value is -4.05. The van der Waals surface area contributed by atoms with Crippen LogP contribution in [0.3, 0.4) is 0 Å². The predicted molar refractivity (Wildman–Crippen MR) is 171 cm³/mol. The Labute approximate surface area is 264 Å². The van der Waals surface area contributed by atoms with Crippen molar-refractivity contribution in [2.24, 2.45) is 5.92 Å².